The number of ether oxygens (including phenoxy) is 3. The molecule has 0 spiro atoms. The molecule has 7 heteroatoms. The number of methoxy groups -OCH3 is 2. The highest BCUT2D eigenvalue weighted by Crippen LogP contribution is 2.36. The molecule has 1 aliphatic heterocycles. The zero-order chi connectivity index (χ0) is 27.0. The number of hydrogen-bond donors (Lipinski definition) is 0. The largest absolute Gasteiger partial charge is 0.493 e. The van der Waals surface area contributed by atoms with Gasteiger partial charge in [-0.2, -0.15) is 0 Å². The van der Waals surface area contributed by atoms with Gasteiger partial charge in [0.25, 0.3) is 5.91 Å². The summed E-state index contributed by atoms with van der Waals surface area (Å²) in [5.74, 6) is 1.18. The van der Waals surface area contributed by atoms with Gasteiger partial charge in [-0.25, -0.2) is 4.99 Å². The van der Waals surface area contributed by atoms with Gasteiger partial charge in [0.2, 0.25) is 0 Å². The second-order valence-corrected chi connectivity index (χ2v) is 10.0. The first-order valence-corrected chi connectivity index (χ1v) is 13.6. The van der Waals surface area contributed by atoms with Crippen molar-refractivity contribution in [3.8, 4) is 11.5 Å². The van der Waals surface area contributed by atoms with Crippen molar-refractivity contribution in [2.24, 2.45) is 4.99 Å². The van der Waals surface area contributed by atoms with Crippen LogP contribution in [0.5, 0.6) is 11.5 Å². The van der Waals surface area contributed by atoms with Crippen LogP contribution in [0.4, 0.5) is 5.69 Å². The molecule has 0 radical (unpaired) electrons. The zero-order valence-electron chi connectivity index (χ0n) is 22.0. The predicted molar refractivity (Wildman–Crippen MR) is 159 cm³/mol. The summed E-state index contributed by atoms with van der Waals surface area (Å²) in [6.45, 7) is 1.53. The summed E-state index contributed by atoms with van der Waals surface area (Å²) in [6, 6.07) is 29.9. The van der Waals surface area contributed by atoms with Crippen LogP contribution >= 0.6 is 11.8 Å². The lowest BCUT2D eigenvalue weighted by molar-refractivity contribution is -0.122. The molecule has 4 aromatic rings. The zero-order valence-corrected chi connectivity index (χ0v) is 22.8. The maximum atomic E-state index is 13.3. The molecule has 1 saturated heterocycles. The predicted octanol–water partition coefficient (Wildman–Crippen LogP) is 7.07. The van der Waals surface area contributed by atoms with E-state index >= 15 is 0 Å². The van der Waals surface area contributed by atoms with Crippen molar-refractivity contribution in [1.82, 2.24) is 4.90 Å². The number of amides is 1. The van der Waals surface area contributed by atoms with Gasteiger partial charge in [-0.1, -0.05) is 60.7 Å². The Morgan fingerprint density at radius 3 is 2.46 bits per heavy atom. The van der Waals surface area contributed by atoms with E-state index in [0.717, 1.165) is 23.2 Å². The second kappa shape index (κ2) is 12.7. The monoisotopic (exact) mass is 538 g/mol. The summed E-state index contributed by atoms with van der Waals surface area (Å²) in [6.07, 6.45) is 2.60. The lowest BCUT2D eigenvalue weighted by Gasteiger charge is -2.15. The molecule has 0 bridgehead atoms. The first-order valence-electron chi connectivity index (χ1n) is 12.8. The summed E-state index contributed by atoms with van der Waals surface area (Å²) in [7, 11) is 3.28. The van der Waals surface area contributed by atoms with E-state index in [0.29, 0.717) is 41.3 Å². The van der Waals surface area contributed by atoms with E-state index in [1.165, 1.54) is 22.5 Å². The number of carbonyl (C=O) groups excluding carboxylic acids is 1. The molecular weight excluding hydrogens is 508 g/mol. The smallest absolute Gasteiger partial charge is 0.266 e. The standard InChI is InChI=1S/C32H30N2O4S/c1-36-18-8-17-34-31(35)30(39-32(34)33-27-11-4-3-5-12-27)21-23-14-16-28(29(20-23)37-2)38-22-24-13-15-25-9-6-7-10-26(25)19-24/h3-7,9-16,19-21H,8,17-18,22H2,1-2H3/b30-21-,33-32?. The Morgan fingerprint density at radius 1 is 0.872 bits per heavy atom. The van der Waals surface area contributed by atoms with Crippen LogP contribution in [0.1, 0.15) is 17.5 Å². The van der Waals surface area contributed by atoms with Crippen LogP contribution in [0.15, 0.2) is 101 Å². The SMILES string of the molecule is COCCCN1C(=O)/C(=C/c2ccc(OCc3ccc4ccccc4c3)c(OC)c2)SC1=Nc1ccccc1. The highest BCUT2D eigenvalue weighted by molar-refractivity contribution is 8.18. The number of amidine groups is 1. The molecule has 0 N–H and O–H groups in total. The molecule has 198 valence electrons. The number of para-hydroxylation sites is 1. The van der Waals surface area contributed by atoms with Crippen molar-refractivity contribution < 1.29 is 19.0 Å². The minimum Gasteiger partial charge on any atom is -0.493 e. The normalized spacial score (nSPS) is 15.4. The number of rotatable bonds is 10. The minimum atomic E-state index is -0.0682. The van der Waals surface area contributed by atoms with E-state index in [9.17, 15) is 4.79 Å². The number of nitrogens with zero attached hydrogens (tertiary/aromatic N) is 2. The molecule has 1 aliphatic rings. The van der Waals surface area contributed by atoms with E-state index in [-0.39, 0.29) is 5.91 Å². The fourth-order valence-corrected chi connectivity index (χ4v) is 5.33. The molecule has 39 heavy (non-hydrogen) atoms. The topological polar surface area (TPSA) is 60.4 Å². The van der Waals surface area contributed by atoms with Gasteiger partial charge in [-0.15, -0.1) is 0 Å². The number of thioether (sulfide) groups is 1. The van der Waals surface area contributed by atoms with E-state index in [1.807, 2.05) is 66.7 Å². The summed E-state index contributed by atoms with van der Waals surface area (Å²) in [5, 5.41) is 3.04. The number of benzene rings is 4. The van der Waals surface area contributed by atoms with E-state index in [2.05, 4.69) is 30.3 Å². The second-order valence-electron chi connectivity index (χ2n) is 9.02. The molecule has 0 saturated carbocycles. The molecular formula is C32H30N2O4S. The van der Waals surface area contributed by atoms with Crippen molar-refractivity contribution >= 4 is 45.4 Å². The van der Waals surface area contributed by atoms with Crippen LogP contribution in [-0.2, 0) is 16.1 Å². The maximum absolute atomic E-state index is 13.3. The molecule has 1 heterocycles. The Kier molecular flexibility index (Phi) is 8.61. The lowest BCUT2D eigenvalue weighted by Crippen LogP contribution is -2.30. The molecule has 1 amide bonds. The molecule has 0 unspecified atom stereocenters. The highest BCUT2D eigenvalue weighted by Gasteiger charge is 2.33. The molecule has 1 fully saturated rings. The average molecular weight is 539 g/mol. The molecule has 6 nitrogen and oxygen atoms in total. The Morgan fingerprint density at radius 2 is 1.67 bits per heavy atom. The number of hydrogen-bond acceptors (Lipinski definition) is 6. The van der Waals surface area contributed by atoms with Crippen LogP contribution < -0.4 is 9.47 Å². The third kappa shape index (κ3) is 6.50. The van der Waals surface area contributed by atoms with Gasteiger partial charge in [0, 0.05) is 20.3 Å². The average Bonchev–Trinajstić information content (AvgIpc) is 3.25. The lowest BCUT2D eigenvalue weighted by atomic mass is 10.1. The Bertz CT molecular complexity index is 1520. The van der Waals surface area contributed by atoms with E-state index in [1.54, 1.807) is 19.1 Å². The molecule has 0 aliphatic carbocycles. The van der Waals surface area contributed by atoms with Gasteiger partial charge in [0.1, 0.15) is 6.61 Å². The van der Waals surface area contributed by atoms with Crippen LogP contribution in [0.3, 0.4) is 0 Å². The summed E-state index contributed by atoms with van der Waals surface area (Å²) >= 11 is 1.38. The summed E-state index contributed by atoms with van der Waals surface area (Å²) < 4.78 is 16.9. The fraction of sp³-hybridized carbons (Fsp3) is 0.188. The van der Waals surface area contributed by atoms with Gasteiger partial charge in [0.15, 0.2) is 16.7 Å². The van der Waals surface area contributed by atoms with E-state index < -0.39 is 0 Å². The molecule has 4 aromatic carbocycles. The number of aliphatic imine (C=N–C) groups is 1. The van der Waals surface area contributed by atoms with Gasteiger partial charge in [-0.05, 0) is 76.5 Å². The quantitative estimate of drug-likeness (QED) is 0.160. The third-order valence-corrected chi connectivity index (χ3v) is 7.30. The highest BCUT2D eigenvalue weighted by atomic mass is 32.2. The Hall–Kier alpha value is -4.07. The van der Waals surface area contributed by atoms with Gasteiger partial charge >= 0.3 is 0 Å². The Labute approximate surface area is 232 Å². The van der Waals surface area contributed by atoms with Crippen LogP contribution in [0.25, 0.3) is 16.8 Å². The summed E-state index contributed by atoms with van der Waals surface area (Å²) in [4.78, 5) is 20.4. The van der Waals surface area contributed by atoms with Crippen molar-refractivity contribution in [1.29, 1.82) is 0 Å². The van der Waals surface area contributed by atoms with Crippen LogP contribution in [-0.4, -0.2) is 43.3 Å². The third-order valence-electron chi connectivity index (χ3n) is 6.29. The van der Waals surface area contributed by atoms with Crippen molar-refractivity contribution in [3.63, 3.8) is 0 Å². The minimum absolute atomic E-state index is 0.0682. The van der Waals surface area contributed by atoms with Crippen molar-refractivity contribution in [2.45, 2.75) is 13.0 Å². The molecule has 0 atom stereocenters. The van der Waals surface area contributed by atoms with Crippen molar-refractivity contribution in [3.05, 3.63) is 107 Å². The van der Waals surface area contributed by atoms with Crippen LogP contribution in [0.2, 0.25) is 0 Å². The molecule has 0 aromatic heterocycles. The van der Waals surface area contributed by atoms with Gasteiger partial charge < -0.3 is 14.2 Å². The number of fused-ring (bicyclic) bond motifs is 1. The van der Waals surface area contributed by atoms with Gasteiger partial charge in [0.05, 0.1) is 17.7 Å². The Balaban J connectivity index is 1.34. The maximum Gasteiger partial charge on any atom is 0.266 e. The van der Waals surface area contributed by atoms with E-state index in [4.69, 9.17) is 19.2 Å². The summed E-state index contributed by atoms with van der Waals surface area (Å²) in [5.41, 5.74) is 2.73. The van der Waals surface area contributed by atoms with Crippen molar-refractivity contribution in [2.75, 3.05) is 27.4 Å². The van der Waals surface area contributed by atoms with Gasteiger partial charge in [-0.3, -0.25) is 9.69 Å². The first kappa shape index (κ1) is 26.5. The van der Waals surface area contributed by atoms with Crippen LogP contribution in [0, 0.1) is 0 Å². The molecule has 5 rings (SSSR count). The first-order chi connectivity index (χ1) is 19.1. The number of carbonyl (C=O) groups is 1. The fourth-order valence-electron chi connectivity index (χ4n) is 4.30.